The Balaban J connectivity index is 1.34. The topological polar surface area (TPSA) is 115 Å². The minimum Gasteiger partial charge on any atom is -0.465 e. The van der Waals surface area contributed by atoms with Crippen LogP contribution in [0.2, 0.25) is 0 Å². The lowest BCUT2D eigenvalue weighted by molar-refractivity contribution is 0.0727. The average Bonchev–Trinajstić information content (AvgIpc) is 3.51. The van der Waals surface area contributed by atoms with Crippen LogP contribution in [-0.4, -0.2) is 59.9 Å². The number of fused-ring (bicyclic) bond motifs is 2. The summed E-state index contributed by atoms with van der Waals surface area (Å²) in [7, 11) is 0. The molecule has 37 heavy (non-hydrogen) atoms. The van der Waals surface area contributed by atoms with Crippen molar-refractivity contribution in [2.45, 2.75) is 46.2 Å². The molecule has 0 radical (unpaired) electrons. The Bertz CT molecular complexity index is 1410. The number of amides is 2. The van der Waals surface area contributed by atoms with Crippen molar-refractivity contribution in [3.63, 3.8) is 0 Å². The fourth-order valence-electron chi connectivity index (χ4n) is 4.66. The van der Waals surface area contributed by atoms with Gasteiger partial charge in [0.15, 0.2) is 0 Å². The normalized spacial score (nSPS) is 14.4. The van der Waals surface area contributed by atoms with Crippen LogP contribution in [0.15, 0.2) is 48.0 Å². The van der Waals surface area contributed by atoms with Crippen molar-refractivity contribution in [2.75, 3.05) is 13.1 Å². The lowest BCUT2D eigenvalue weighted by Crippen LogP contribution is -2.38. The molecule has 1 atom stereocenters. The average molecular weight is 519 g/mol. The van der Waals surface area contributed by atoms with Crippen LogP contribution in [0, 0.1) is 5.41 Å². The van der Waals surface area contributed by atoms with Crippen molar-refractivity contribution >= 4 is 34.4 Å². The van der Waals surface area contributed by atoms with Gasteiger partial charge in [-0.2, -0.15) is 0 Å². The van der Waals surface area contributed by atoms with Crippen molar-refractivity contribution < 1.29 is 14.7 Å². The fourth-order valence-corrected chi connectivity index (χ4v) is 5.79. The van der Waals surface area contributed by atoms with Crippen molar-refractivity contribution in [1.82, 2.24) is 29.7 Å². The van der Waals surface area contributed by atoms with Gasteiger partial charge < -0.3 is 19.9 Å². The Morgan fingerprint density at radius 1 is 1.19 bits per heavy atom. The maximum absolute atomic E-state index is 13.3. The molecule has 4 aromatic rings. The molecule has 3 aromatic heterocycles. The highest BCUT2D eigenvalue weighted by Gasteiger charge is 2.34. The maximum atomic E-state index is 13.3. The first-order valence-corrected chi connectivity index (χ1v) is 13.2. The number of nitrogens with one attached hydrogen (secondary N) is 1. The molecule has 0 fully saturated rings. The summed E-state index contributed by atoms with van der Waals surface area (Å²) in [4.78, 5) is 45.6. The van der Waals surface area contributed by atoms with Gasteiger partial charge in [-0.3, -0.25) is 9.78 Å². The smallest absolute Gasteiger partial charge is 0.407 e. The number of aromatic nitrogens is 4. The van der Waals surface area contributed by atoms with Crippen molar-refractivity contribution in [1.29, 1.82) is 0 Å². The van der Waals surface area contributed by atoms with E-state index in [9.17, 15) is 14.7 Å². The van der Waals surface area contributed by atoms with Gasteiger partial charge in [0, 0.05) is 49.2 Å². The Labute approximate surface area is 219 Å². The van der Waals surface area contributed by atoms with Gasteiger partial charge in [0.05, 0.1) is 22.6 Å². The second-order valence-corrected chi connectivity index (χ2v) is 11.3. The molecule has 5 rings (SSSR count). The molecule has 0 saturated heterocycles. The Morgan fingerprint density at radius 2 is 2.00 bits per heavy atom. The summed E-state index contributed by atoms with van der Waals surface area (Å²) >= 11 is 1.41. The van der Waals surface area contributed by atoms with Gasteiger partial charge in [-0.15, -0.1) is 11.3 Å². The van der Waals surface area contributed by atoms with E-state index in [0.717, 1.165) is 33.7 Å². The second-order valence-electron chi connectivity index (χ2n) is 10.4. The number of para-hydroxylation sites is 2. The second kappa shape index (κ2) is 9.93. The number of aromatic amines is 1. The molecular formula is C27H30N6O3S. The van der Waals surface area contributed by atoms with Crippen LogP contribution in [0.1, 0.15) is 59.3 Å². The van der Waals surface area contributed by atoms with E-state index in [1.807, 2.05) is 36.4 Å². The molecule has 0 bridgehead atoms. The third kappa shape index (κ3) is 5.34. The largest absolute Gasteiger partial charge is 0.465 e. The molecule has 1 aromatic carbocycles. The van der Waals surface area contributed by atoms with E-state index < -0.39 is 6.09 Å². The molecule has 192 valence electrons. The van der Waals surface area contributed by atoms with Gasteiger partial charge in [0.25, 0.3) is 5.91 Å². The van der Waals surface area contributed by atoms with Crippen LogP contribution < -0.4 is 0 Å². The number of carbonyl (C=O) groups excluding carboxylic acids is 1. The molecule has 2 N–H and O–H groups in total. The molecule has 2 amide bonds. The minimum atomic E-state index is -1.02. The fraction of sp³-hybridized carbons (Fsp3) is 0.370. The highest BCUT2D eigenvalue weighted by molar-refractivity contribution is 7.10. The number of hydrogen-bond acceptors (Lipinski definition) is 6. The number of rotatable bonds is 6. The van der Waals surface area contributed by atoms with Crippen LogP contribution in [0.25, 0.3) is 11.0 Å². The highest BCUT2D eigenvalue weighted by atomic mass is 32.1. The van der Waals surface area contributed by atoms with Gasteiger partial charge in [0.2, 0.25) is 0 Å². The van der Waals surface area contributed by atoms with Crippen LogP contribution >= 0.6 is 11.3 Å². The van der Waals surface area contributed by atoms with Crippen LogP contribution in [0.3, 0.4) is 0 Å². The minimum absolute atomic E-state index is 0.109. The van der Waals surface area contributed by atoms with Gasteiger partial charge >= 0.3 is 6.09 Å². The van der Waals surface area contributed by atoms with Gasteiger partial charge in [-0.05, 0) is 29.2 Å². The van der Waals surface area contributed by atoms with Crippen molar-refractivity contribution in [2.24, 2.45) is 5.41 Å². The summed E-state index contributed by atoms with van der Waals surface area (Å²) in [6.07, 6.45) is 1.48. The predicted molar refractivity (Wildman–Crippen MR) is 142 cm³/mol. The summed E-state index contributed by atoms with van der Waals surface area (Å²) in [5.41, 5.74) is 3.89. The van der Waals surface area contributed by atoms with Crippen LogP contribution in [0.4, 0.5) is 4.79 Å². The quantitative estimate of drug-likeness (QED) is 0.374. The number of hydrogen-bond donors (Lipinski definition) is 2. The Morgan fingerprint density at radius 3 is 2.76 bits per heavy atom. The van der Waals surface area contributed by atoms with E-state index in [4.69, 9.17) is 4.98 Å². The Kier molecular flexibility index (Phi) is 6.68. The van der Waals surface area contributed by atoms with E-state index in [1.165, 1.54) is 16.2 Å². The predicted octanol–water partition coefficient (Wildman–Crippen LogP) is 4.92. The number of carboxylic acid groups (broad SMARTS) is 1. The molecular weight excluding hydrogens is 488 g/mol. The molecule has 0 saturated carbocycles. The van der Waals surface area contributed by atoms with E-state index in [2.05, 4.69) is 35.7 Å². The molecule has 4 heterocycles. The third-order valence-corrected chi connectivity index (χ3v) is 7.75. The molecule has 1 aliphatic heterocycles. The first-order chi connectivity index (χ1) is 17.7. The zero-order valence-corrected chi connectivity index (χ0v) is 22.0. The monoisotopic (exact) mass is 518 g/mol. The molecule has 1 unspecified atom stereocenters. The number of benzene rings is 1. The third-order valence-electron chi connectivity index (χ3n) is 6.79. The summed E-state index contributed by atoms with van der Waals surface area (Å²) in [6.45, 7) is 7.68. The van der Waals surface area contributed by atoms with E-state index in [0.29, 0.717) is 24.6 Å². The number of nitrogens with zero attached hydrogens (tertiary/aromatic N) is 5. The number of pyridine rings is 1. The molecule has 1 aliphatic rings. The molecule has 10 heteroatoms. The van der Waals surface area contributed by atoms with Gasteiger partial charge in [-0.25, -0.2) is 14.8 Å². The van der Waals surface area contributed by atoms with Crippen molar-refractivity contribution in [3.05, 3.63) is 75.8 Å². The van der Waals surface area contributed by atoms with E-state index >= 15 is 0 Å². The number of thiazole rings is 1. The summed E-state index contributed by atoms with van der Waals surface area (Å²) in [6, 6.07) is 11.5. The lowest BCUT2D eigenvalue weighted by Gasteiger charge is -2.33. The zero-order valence-electron chi connectivity index (χ0n) is 21.1. The number of imidazole rings is 1. The SMILES string of the molecule is CC(C)(C)C(CN(Cc1nc2ccccc2[nH]1)C(=O)O)c1nc(C(=O)N2CCc3ncccc3C2)cs1. The van der Waals surface area contributed by atoms with Crippen LogP contribution in [0.5, 0.6) is 0 Å². The van der Waals surface area contributed by atoms with Crippen molar-refractivity contribution in [3.8, 4) is 0 Å². The molecule has 0 aliphatic carbocycles. The Hall–Kier alpha value is -3.79. The first kappa shape index (κ1) is 24.9. The standard InChI is InChI=1S/C27H30N6O3S/c1-27(2,3)18(14-33(26(35)36)15-23-29-20-8-4-5-9-21(20)30-23)24-31-22(16-37-24)25(34)32-12-10-19-17(13-32)7-6-11-28-19/h4-9,11,16,18H,10,12-15H2,1-3H3,(H,29,30)(H,35,36). The number of carbonyl (C=O) groups is 2. The van der Waals surface area contributed by atoms with Gasteiger partial charge in [-0.1, -0.05) is 39.0 Å². The van der Waals surface area contributed by atoms with Crippen LogP contribution in [-0.2, 0) is 19.5 Å². The lowest BCUT2D eigenvalue weighted by atomic mass is 9.80. The number of H-pyrrole nitrogens is 1. The maximum Gasteiger partial charge on any atom is 0.407 e. The molecule has 9 nitrogen and oxygen atoms in total. The molecule has 0 spiro atoms. The summed E-state index contributed by atoms with van der Waals surface area (Å²) < 4.78 is 0. The highest BCUT2D eigenvalue weighted by Crippen LogP contribution is 2.38. The van der Waals surface area contributed by atoms with E-state index in [1.54, 1.807) is 16.5 Å². The summed E-state index contributed by atoms with van der Waals surface area (Å²) in [5.74, 6) is 0.277. The van der Waals surface area contributed by atoms with Gasteiger partial charge in [0.1, 0.15) is 11.5 Å². The summed E-state index contributed by atoms with van der Waals surface area (Å²) in [5, 5.41) is 12.6. The first-order valence-electron chi connectivity index (χ1n) is 12.3. The van der Waals surface area contributed by atoms with E-state index in [-0.39, 0.29) is 30.3 Å². The zero-order chi connectivity index (χ0) is 26.2.